The molecule has 146 valence electrons. The molecule has 0 radical (unpaired) electrons. The molecule has 1 unspecified atom stereocenters. The molecule has 1 N–H and O–H groups in total. The van der Waals surface area contributed by atoms with E-state index in [2.05, 4.69) is 25.5 Å². The Morgan fingerprint density at radius 1 is 1.32 bits per heavy atom. The molecule has 28 heavy (non-hydrogen) atoms. The number of carbonyl (C=O) groups excluding carboxylic acids is 1. The molecule has 1 aliphatic rings. The number of nitrogens with zero attached hydrogens (tertiary/aromatic N) is 5. The van der Waals surface area contributed by atoms with Crippen LogP contribution in [0.5, 0.6) is 0 Å². The fraction of sp³-hybridized carbons (Fsp3) is 0.421. The molecule has 1 atom stereocenters. The molecule has 0 saturated carbocycles. The van der Waals surface area contributed by atoms with Gasteiger partial charge in [-0.3, -0.25) is 4.79 Å². The normalized spacial score (nSPS) is 16.0. The first-order valence-electron chi connectivity index (χ1n) is 9.38. The van der Waals surface area contributed by atoms with E-state index in [0.29, 0.717) is 36.0 Å². The second kappa shape index (κ2) is 8.10. The third-order valence-electron chi connectivity index (χ3n) is 4.68. The number of fused-ring (bicyclic) bond motifs is 1. The lowest BCUT2D eigenvalue weighted by Gasteiger charge is -2.23. The number of benzene rings is 1. The van der Waals surface area contributed by atoms with E-state index in [-0.39, 0.29) is 11.9 Å². The number of nitrogens with one attached hydrogen (secondary N) is 1. The standard InChI is InChI=1S/C19H21ClN6O2/c1-12-21-19-15(4-3-11-26(19)24-12)22-16(27)5-2-6-17-23-18(25-28-17)13-7-9-14(20)10-8-13/h7-10,15H,2-6,11H2,1H3,(H,22,27). The predicted octanol–water partition coefficient (Wildman–Crippen LogP) is 3.26. The predicted molar refractivity (Wildman–Crippen MR) is 103 cm³/mol. The van der Waals surface area contributed by atoms with Crippen LogP contribution in [0.25, 0.3) is 11.4 Å². The van der Waals surface area contributed by atoms with Crippen molar-refractivity contribution in [3.63, 3.8) is 0 Å². The molecule has 0 saturated heterocycles. The highest BCUT2D eigenvalue weighted by Crippen LogP contribution is 2.23. The van der Waals surface area contributed by atoms with Crippen molar-refractivity contribution in [1.29, 1.82) is 0 Å². The summed E-state index contributed by atoms with van der Waals surface area (Å²) in [5, 5.41) is 12.1. The molecule has 0 fully saturated rings. The first-order chi connectivity index (χ1) is 13.6. The van der Waals surface area contributed by atoms with E-state index in [0.717, 1.165) is 36.6 Å². The largest absolute Gasteiger partial charge is 0.346 e. The van der Waals surface area contributed by atoms with Crippen molar-refractivity contribution in [3.8, 4) is 11.4 Å². The second-order valence-electron chi connectivity index (χ2n) is 6.87. The molecule has 8 nitrogen and oxygen atoms in total. The van der Waals surface area contributed by atoms with Crippen LogP contribution in [0, 0.1) is 6.92 Å². The van der Waals surface area contributed by atoms with E-state index in [1.807, 2.05) is 23.7 Å². The summed E-state index contributed by atoms with van der Waals surface area (Å²) in [4.78, 5) is 21.2. The van der Waals surface area contributed by atoms with E-state index in [9.17, 15) is 4.79 Å². The molecule has 9 heteroatoms. The van der Waals surface area contributed by atoms with Crippen LogP contribution in [0.1, 0.15) is 49.3 Å². The topological polar surface area (TPSA) is 98.7 Å². The second-order valence-corrected chi connectivity index (χ2v) is 7.31. The zero-order valence-electron chi connectivity index (χ0n) is 15.6. The van der Waals surface area contributed by atoms with Crippen LogP contribution in [0.15, 0.2) is 28.8 Å². The van der Waals surface area contributed by atoms with Crippen molar-refractivity contribution in [2.75, 3.05) is 0 Å². The SMILES string of the molecule is Cc1nc2n(n1)CCCC2NC(=O)CCCc1nc(-c2ccc(Cl)cc2)no1. The van der Waals surface area contributed by atoms with Crippen LogP contribution in [-0.4, -0.2) is 30.8 Å². The van der Waals surface area contributed by atoms with Crippen molar-refractivity contribution >= 4 is 17.5 Å². The number of halogens is 1. The first-order valence-corrected chi connectivity index (χ1v) is 9.75. The summed E-state index contributed by atoms with van der Waals surface area (Å²) in [6.07, 6.45) is 3.44. The number of amides is 1. The van der Waals surface area contributed by atoms with E-state index in [1.54, 1.807) is 12.1 Å². The lowest BCUT2D eigenvalue weighted by molar-refractivity contribution is -0.122. The Bertz CT molecular complexity index is 965. The fourth-order valence-corrected chi connectivity index (χ4v) is 3.47. The van der Waals surface area contributed by atoms with Crippen LogP contribution in [-0.2, 0) is 17.8 Å². The van der Waals surface area contributed by atoms with Gasteiger partial charge < -0.3 is 9.84 Å². The number of aryl methyl sites for hydroxylation is 3. The van der Waals surface area contributed by atoms with Crippen LogP contribution < -0.4 is 5.32 Å². The molecule has 1 amide bonds. The first kappa shape index (κ1) is 18.6. The maximum atomic E-state index is 12.3. The minimum atomic E-state index is -0.0673. The van der Waals surface area contributed by atoms with Gasteiger partial charge in [0.15, 0.2) is 0 Å². The van der Waals surface area contributed by atoms with Gasteiger partial charge in [-0.05, 0) is 50.5 Å². The Morgan fingerprint density at radius 3 is 2.96 bits per heavy atom. The summed E-state index contributed by atoms with van der Waals surface area (Å²) >= 11 is 5.89. The van der Waals surface area contributed by atoms with E-state index < -0.39 is 0 Å². The van der Waals surface area contributed by atoms with Crippen LogP contribution in [0.3, 0.4) is 0 Å². The maximum Gasteiger partial charge on any atom is 0.226 e. The van der Waals surface area contributed by atoms with Crippen molar-refractivity contribution in [2.45, 2.75) is 51.6 Å². The summed E-state index contributed by atoms with van der Waals surface area (Å²) in [6.45, 7) is 2.72. The molecular formula is C19H21ClN6O2. The molecule has 3 aromatic rings. The van der Waals surface area contributed by atoms with Crippen LogP contribution in [0.2, 0.25) is 5.02 Å². The Balaban J connectivity index is 1.28. The Hall–Kier alpha value is -2.74. The molecule has 1 aliphatic heterocycles. The molecule has 2 aromatic heterocycles. The van der Waals surface area contributed by atoms with Crippen LogP contribution in [0.4, 0.5) is 0 Å². The van der Waals surface area contributed by atoms with Crippen molar-refractivity contribution in [1.82, 2.24) is 30.2 Å². The molecule has 0 bridgehead atoms. The van der Waals surface area contributed by atoms with Gasteiger partial charge in [-0.1, -0.05) is 16.8 Å². The third kappa shape index (κ3) is 4.22. The molecule has 3 heterocycles. The molecule has 0 aliphatic carbocycles. The Labute approximate surface area is 167 Å². The van der Waals surface area contributed by atoms with E-state index in [4.69, 9.17) is 16.1 Å². The van der Waals surface area contributed by atoms with Crippen molar-refractivity contribution in [2.24, 2.45) is 0 Å². The van der Waals surface area contributed by atoms with Gasteiger partial charge in [-0.15, -0.1) is 0 Å². The summed E-state index contributed by atoms with van der Waals surface area (Å²) in [7, 11) is 0. The molecule has 4 rings (SSSR count). The lowest BCUT2D eigenvalue weighted by atomic mass is 10.1. The van der Waals surface area contributed by atoms with Gasteiger partial charge in [0.25, 0.3) is 0 Å². The van der Waals surface area contributed by atoms with Crippen molar-refractivity contribution in [3.05, 3.63) is 46.8 Å². The summed E-state index contributed by atoms with van der Waals surface area (Å²) < 4.78 is 7.17. The third-order valence-corrected chi connectivity index (χ3v) is 4.93. The zero-order chi connectivity index (χ0) is 19.5. The maximum absolute atomic E-state index is 12.3. The Morgan fingerprint density at radius 2 is 2.14 bits per heavy atom. The number of hydrogen-bond acceptors (Lipinski definition) is 6. The van der Waals surface area contributed by atoms with Gasteiger partial charge in [0.2, 0.25) is 17.6 Å². The number of hydrogen-bond donors (Lipinski definition) is 1. The molecular weight excluding hydrogens is 380 g/mol. The average Bonchev–Trinajstić information content (AvgIpc) is 3.29. The van der Waals surface area contributed by atoms with Gasteiger partial charge >= 0.3 is 0 Å². The smallest absolute Gasteiger partial charge is 0.226 e. The average molecular weight is 401 g/mol. The minimum Gasteiger partial charge on any atom is -0.346 e. The quantitative estimate of drug-likeness (QED) is 0.681. The van der Waals surface area contributed by atoms with E-state index >= 15 is 0 Å². The minimum absolute atomic E-state index is 0.00320. The van der Waals surface area contributed by atoms with Gasteiger partial charge in [-0.2, -0.15) is 10.1 Å². The van der Waals surface area contributed by atoms with Gasteiger partial charge in [0.1, 0.15) is 11.6 Å². The fourth-order valence-electron chi connectivity index (χ4n) is 3.34. The van der Waals surface area contributed by atoms with Gasteiger partial charge in [0.05, 0.1) is 6.04 Å². The highest BCUT2D eigenvalue weighted by atomic mass is 35.5. The lowest BCUT2D eigenvalue weighted by Crippen LogP contribution is -2.33. The van der Waals surface area contributed by atoms with E-state index in [1.165, 1.54) is 0 Å². The monoisotopic (exact) mass is 400 g/mol. The molecule has 0 spiro atoms. The van der Waals surface area contributed by atoms with Crippen LogP contribution >= 0.6 is 11.6 Å². The van der Waals surface area contributed by atoms with Gasteiger partial charge in [0, 0.05) is 30.0 Å². The summed E-state index contributed by atoms with van der Waals surface area (Å²) in [5.41, 5.74) is 0.842. The number of rotatable bonds is 6. The Kier molecular flexibility index (Phi) is 5.38. The zero-order valence-corrected chi connectivity index (χ0v) is 16.3. The van der Waals surface area contributed by atoms with Crippen molar-refractivity contribution < 1.29 is 9.32 Å². The molecule has 1 aromatic carbocycles. The number of aromatic nitrogens is 5. The highest BCUT2D eigenvalue weighted by Gasteiger charge is 2.24. The number of carbonyl (C=O) groups is 1. The highest BCUT2D eigenvalue weighted by molar-refractivity contribution is 6.30. The van der Waals surface area contributed by atoms with Gasteiger partial charge in [-0.25, -0.2) is 9.67 Å². The summed E-state index contributed by atoms with van der Waals surface area (Å²) in [5.74, 6) is 2.63. The summed E-state index contributed by atoms with van der Waals surface area (Å²) in [6, 6.07) is 7.18.